The maximum absolute atomic E-state index is 7.70. The van der Waals surface area contributed by atoms with E-state index < -0.39 is 0 Å². The van der Waals surface area contributed by atoms with Crippen LogP contribution < -0.4 is 10.6 Å². The minimum Gasteiger partial charge on any atom is -0.384 e. The lowest BCUT2D eigenvalue weighted by Crippen LogP contribution is -2.39. The van der Waals surface area contributed by atoms with Gasteiger partial charge in [0.05, 0.1) is 0 Å². The summed E-state index contributed by atoms with van der Waals surface area (Å²) in [7, 11) is 0. The summed E-state index contributed by atoms with van der Waals surface area (Å²) in [4.78, 5) is 2.32. The van der Waals surface area contributed by atoms with Gasteiger partial charge in [-0.2, -0.15) is 0 Å². The van der Waals surface area contributed by atoms with E-state index in [1.165, 1.54) is 19.3 Å². The molecule has 0 atom stereocenters. The monoisotopic (exact) mass is 279 g/mol. The zero-order chi connectivity index (χ0) is 14.0. The molecule has 0 unspecified atom stereocenters. The van der Waals surface area contributed by atoms with Crippen molar-refractivity contribution in [1.29, 1.82) is 5.41 Å². The summed E-state index contributed by atoms with van der Waals surface area (Å²) in [5.74, 6) is 0.0846. The van der Waals surface area contributed by atoms with Crippen molar-refractivity contribution in [2.75, 3.05) is 18.0 Å². The molecule has 0 aromatic heterocycles. The number of nitrogens with zero attached hydrogens (tertiary/aromatic N) is 1. The van der Waals surface area contributed by atoms with Crippen LogP contribution in [0.15, 0.2) is 18.2 Å². The third-order valence-electron chi connectivity index (χ3n) is 4.41. The third kappa shape index (κ3) is 3.03. The van der Waals surface area contributed by atoms with Crippen molar-refractivity contribution in [3.8, 4) is 0 Å². The van der Waals surface area contributed by atoms with Gasteiger partial charge in [0.1, 0.15) is 5.84 Å². The Kier molecular flexibility index (Phi) is 4.04. The highest BCUT2D eigenvalue weighted by Gasteiger charge is 2.29. The molecule has 1 saturated heterocycles. The molecule has 0 aliphatic carbocycles. The lowest BCUT2D eigenvalue weighted by Gasteiger charge is -2.40. The fourth-order valence-corrected chi connectivity index (χ4v) is 2.81. The largest absolute Gasteiger partial charge is 0.384 e. The lowest BCUT2D eigenvalue weighted by molar-refractivity contribution is 0.238. The standard InChI is InChI=1S/C15H22ClN3/c1-3-15(2)6-8-19(9-7-15)13-5-4-11(16)10-12(13)14(17)18/h4-5,10H,3,6-9H2,1-2H3,(H3,17,18). The summed E-state index contributed by atoms with van der Waals surface area (Å²) in [5.41, 5.74) is 7.91. The van der Waals surface area contributed by atoms with Gasteiger partial charge < -0.3 is 10.6 Å². The molecular weight excluding hydrogens is 258 g/mol. The number of hydrogen-bond acceptors (Lipinski definition) is 2. The number of nitrogens with two attached hydrogens (primary N) is 1. The highest BCUT2D eigenvalue weighted by Crippen LogP contribution is 2.36. The van der Waals surface area contributed by atoms with E-state index in [0.29, 0.717) is 10.4 Å². The topological polar surface area (TPSA) is 53.1 Å². The summed E-state index contributed by atoms with van der Waals surface area (Å²) in [6, 6.07) is 5.64. The minimum atomic E-state index is 0.0846. The predicted octanol–water partition coefficient (Wildman–Crippen LogP) is 3.64. The van der Waals surface area contributed by atoms with Crippen molar-refractivity contribution in [3.63, 3.8) is 0 Å². The van der Waals surface area contributed by atoms with Crippen molar-refractivity contribution in [1.82, 2.24) is 0 Å². The molecule has 0 radical (unpaired) electrons. The van der Waals surface area contributed by atoms with Crippen LogP contribution in [0.3, 0.4) is 0 Å². The van der Waals surface area contributed by atoms with Crippen LogP contribution in [0.4, 0.5) is 5.69 Å². The van der Waals surface area contributed by atoms with Crippen LogP contribution >= 0.6 is 11.6 Å². The van der Waals surface area contributed by atoms with Crippen molar-refractivity contribution < 1.29 is 0 Å². The molecule has 1 fully saturated rings. The summed E-state index contributed by atoms with van der Waals surface area (Å²) in [5, 5.41) is 8.33. The second-order valence-corrected chi connectivity index (χ2v) is 6.16. The molecule has 19 heavy (non-hydrogen) atoms. The number of hydrogen-bond donors (Lipinski definition) is 2. The highest BCUT2D eigenvalue weighted by atomic mass is 35.5. The van der Waals surface area contributed by atoms with Crippen LogP contribution in [0, 0.1) is 10.8 Å². The summed E-state index contributed by atoms with van der Waals surface area (Å²) >= 11 is 6.00. The number of amidine groups is 1. The molecule has 1 aromatic rings. The number of rotatable bonds is 3. The Morgan fingerprint density at radius 1 is 1.42 bits per heavy atom. The molecule has 1 aliphatic heterocycles. The van der Waals surface area contributed by atoms with Crippen LogP contribution in [0.5, 0.6) is 0 Å². The van der Waals surface area contributed by atoms with Crippen molar-refractivity contribution >= 4 is 23.1 Å². The Hall–Kier alpha value is -1.22. The van der Waals surface area contributed by atoms with E-state index in [-0.39, 0.29) is 5.84 Å². The summed E-state index contributed by atoms with van der Waals surface area (Å²) in [6.07, 6.45) is 3.59. The van der Waals surface area contributed by atoms with Gasteiger partial charge >= 0.3 is 0 Å². The normalized spacial score (nSPS) is 18.4. The molecule has 0 bridgehead atoms. The maximum atomic E-state index is 7.70. The first-order chi connectivity index (χ1) is 8.95. The molecule has 1 aliphatic rings. The SMILES string of the molecule is CCC1(C)CCN(c2ccc(Cl)cc2C(=N)N)CC1. The van der Waals surface area contributed by atoms with Crippen LogP contribution in [0.2, 0.25) is 5.02 Å². The Balaban J connectivity index is 2.22. The minimum absolute atomic E-state index is 0.0846. The van der Waals surface area contributed by atoms with Gasteiger partial charge in [-0.15, -0.1) is 0 Å². The first-order valence-electron chi connectivity index (χ1n) is 6.84. The maximum Gasteiger partial charge on any atom is 0.124 e. The molecule has 4 heteroatoms. The van der Waals surface area contributed by atoms with Gasteiger partial charge in [-0.3, -0.25) is 5.41 Å². The van der Waals surface area contributed by atoms with Gasteiger partial charge in [-0.25, -0.2) is 0 Å². The van der Waals surface area contributed by atoms with Crippen molar-refractivity contribution in [2.24, 2.45) is 11.1 Å². The van der Waals surface area contributed by atoms with Crippen LogP contribution in [-0.2, 0) is 0 Å². The van der Waals surface area contributed by atoms with Gasteiger partial charge in [0.25, 0.3) is 0 Å². The fraction of sp³-hybridized carbons (Fsp3) is 0.533. The summed E-state index contributed by atoms with van der Waals surface area (Å²) < 4.78 is 0. The number of nitrogen functional groups attached to an aromatic ring is 1. The van der Waals surface area contributed by atoms with Gasteiger partial charge in [0.15, 0.2) is 0 Å². The van der Waals surface area contributed by atoms with E-state index in [4.69, 9.17) is 22.7 Å². The molecule has 1 aromatic carbocycles. The quantitative estimate of drug-likeness (QED) is 0.656. The molecule has 3 nitrogen and oxygen atoms in total. The van der Waals surface area contributed by atoms with E-state index in [2.05, 4.69) is 18.7 Å². The van der Waals surface area contributed by atoms with Crippen molar-refractivity contribution in [2.45, 2.75) is 33.1 Å². The second kappa shape index (κ2) is 5.41. The second-order valence-electron chi connectivity index (χ2n) is 5.73. The molecule has 0 saturated carbocycles. The molecule has 3 N–H and O–H groups in total. The van der Waals surface area contributed by atoms with Crippen LogP contribution in [0.25, 0.3) is 0 Å². The predicted molar refractivity (Wildman–Crippen MR) is 82.3 cm³/mol. The van der Waals surface area contributed by atoms with Gasteiger partial charge in [-0.05, 0) is 36.5 Å². The number of halogens is 1. The zero-order valence-electron chi connectivity index (χ0n) is 11.7. The van der Waals surface area contributed by atoms with E-state index in [0.717, 1.165) is 24.3 Å². The molecule has 0 spiro atoms. The van der Waals surface area contributed by atoms with Crippen LogP contribution in [0.1, 0.15) is 38.7 Å². The molecule has 104 valence electrons. The van der Waals surface area contributed by atoms with Gasteiger partial charge in [-0.1, -0.05) is 31.9 Å². The summed E-state index contributed by atoms with van der Waals surface area (Å²) in [6.45, 7) is 6.66. The number of anilines is 1. The first kappa shape index (κ1) is 14.2. The average molecular weight is 280 g/mol. The van der Waals surface area contributed by atoms with Gasteiger partial charge in [0, 0.05) is 29.4 Å². The Morgan fingerprint density at radius 3 is 2.58 bits per heavy atom. The molecule has 2 rings (SSSR count). The molecule has 1 heterocycles. The third-order valence-corrected chi connectivity index (χ3v) is 4.65. The number of benzene rings is 1. The lowest BCUT2D eigenvalue weighted by atomic mass is 9.78. The van der Waals surface area contributed by atoms with E-state index in [1.54, 1.807) is 6.07 Å². The number of piperidine rings is 1. The van der Waals surface area contributed by atoms with E-state index in [1.807, 2.05) is 12.1 Å². The fourth-order valence-electron chi connectivity index (χ4n) is 2.64. The van der Waals surface area contributed by atoms with Crippen molar-refractivity contribution in [3.05, 3.63) is 28.8 Å². The Bertz CT molecular complexity index is 476. The van der Waals surface area contributed by atoms with E-state index in [9.17, 15) is 0 Å². The van der Waals surface area contributed by atoms with Gasteiger partial charge in [0.2, 0.25) is 0 Å². The molecule has 0 amide bonds. The Morgan fingerprint density at radius 2 is 2.05 bits per heavy atom. The smallest absolute Gasteiger partial charge is 0.124 e. The van der Waals surface area contributed by atoms with E-state index >= 15 is 0 Å². The highest BCUT2D eigenvalue weighted by molar-refractivity contribution is 6.31. The Labute approximate surface area is 120 Å². The van der Waals surface area contributed by atoms with Crippen LogP contribution in [-0.4, -0.2) is 18.9 Å². The number of nitrogens with one attached hydrogen (secondary N) is 1. The molecular formula is C15H22ClN3. The first-order valence-corrected chi connectivity index (χ1v) is 7.22. The average Bonchev–Trinajstić information content (AvgIpc) is 2.40. The zero-order valence-corrected chi connectivity index (χ0v) is 12.4.